The fourth-order valence-electron chi connectivity index (χ4n) is 7.65. The highest BCUT2D eigenvalue weighted by Gasteiger charge is 2.40. The van der Waals surface area contributed by atoms with E-state index in [1.54, 1.807) is 0 Å². The fourth-order valence-corrected chi connectivity index (χ4v) is 8.66. The van der Waals surface area contributed by atoms with Gasteiger partial charge in [-0.05, 0) is 57.9 Å². The second-order valence-electron chi connectivity index (χ2n) is 19.4. The molecule has 6 rings (SSSR count). The van der Waals surface area contributed by atoms with Crippen LogP contribution >= 0.6 is 0 Å². The van der Waals surface area contributed by atoms with Crippen molar-refractivity contribution in [2.45, 2.75) is 128 Å². The lowest BCUT2D eigenvalue weighted by atomic mass is 10.0. The van der Waals surface area contributed by atoms with E-state index in [4.69, 9.17) is 37.6 Å². The van der Waals surface area contributed by atoms with Crippen molar-refractivity contribution in [3.8, 4) is 0 Å². The minimum Gasteiger partial charge on any atom is -0.414 e. The van der Waals surface area contributed by atoms with Crippen LogP contribution in [0.25, 0.3) is 0 Å². The average molecular weight is 969 g/mol. The molecule has 10 heteroatoms. The van der Waals surface area contributed by atoms with Gasteiger partial charge >= 0.3 is 0 Å². The Kier molecular flexibility index (Phi) is 23.0. The first-order valence-electron chi connectivity index (χ1n) is 24.8. The summed E-state index contributed by atoms with van der Waals surface area (Å²) >= 11 is 0. The molecular weight excluding hydrogens is 893 g/mol. The van der Waals surface area contributed by atoms with Gasteiger partial charge in [-0.15, -0.1) is 0 Å². The normalized spacial score (nSPS) is 14.7. The number of aliphatic hydroxyl groups excluding tert-OH is 1. The van der Waals surface area contributed by atoms with Crippen LogP contribution in [0.3, 0.4) is 0 Å². The summed E-state index contributed by atoms with van der Waals surface area (Å²) in [7, 11) is -2.22. The van der Waals surface area contributed by atoms with Gasteiger partial charge < -0.3 is 42.7 Å². The van der Waals surface area contributed by atoms with Gasteiger partial charge in [0.15, 0.2) is 8.32 Å². The molecule has 0 saturated heterocycles. The summed E-state index contributed by atoms with van der Waals surface area (Å²) in [6, 6.07) is 60.8. The van der Waals surface area contributed by atoms with Crippen molar-refractivity contribution in [3.05, 3.63) is 215 Å². The summed E-state index contributed by atoms with van der Waals surface area (Å²) in [5.41, 5.74) is 6.25. The molecule has 0 saturated carbocycles. The predicted octanol–water partition coefficient (Wildman–Crippen LogP) is 12.3. The quantitative estimate of drug-likeness (QED) is 0.0328. The van der Waals surface area contributed by atoms with Crippen molar-refractivity contribution in [2.75, 3.05) is 26.4 Å². The van der Waals surface area contributed by atoms with Crippen molar-refractivity contribution in [2.24, 2.45) is 0 Å². The van der Waals surface area contributed by atoms with Gasteiger partial charge in [-0.3, -0.25) is 0 Å². The smallest absolute Gasteiger partial charge is 0.192 e. The molecule has 0 bridgehead atoms. The van der Waals surface area contributed by atoms with Gasteiger partial charge in [-0.1, -0.05) is 203 Å². The molecule has 6 aromatic rings. The van der Waals surface area contributed by atoms with Gasteiger partial charge in [-0.2, -0.15) is 0 Å². The number of aliphatic hydroxyl groups is 1. The maximum Gasteiger partial charge on any atom is 0.192 e. The molecule has 0 heterocycles. The van der Waals surface area contributed by atoms with E-state index in [1.807, 2.05) is 146 Å². The Morgan fingerprint density at radius 2 is 0.757 bits per heavy atom. The zero-order valence-corrected chi connectivity index (χ0v) is 43.0. The molecule has 0 amide bonds. The van der Waals surface area contributed by atoms with E-state index in [2.05, 4.69) is 70.3 Å². The lowest BCUT2D eigenvalue weighted by Gasteiger charge is -2.39. The topological polar surface area (TPSA) is 94.1 Å². The zero-order chi connectivity index (χ0) is 49.3. The van der Waals surface area contributed by atoms with Gasteiger partial charge in [0.05, 0.1) is 77.8 Å². The van der Waals surface area contributed by atoms with Crippen LogP contribution in [0.4, 0.5) is 0 Å². The van der Waals surface area contributed by atoms with E-state index in [-0.39, 0.29) is 18.3 Å². The van der Waals surface area contributed by atoms with Crippen LogP contribution in [-0.2, 0) is 77.2 Å². The summed E-state index contributed by atoms with van der Waals surface area (Å²) in [6.45, 7) is 14.2. The van der Waals surface area contributed by atoms with Crippen molar-refractivity contribution < 1.29 is 42.7 Å². The van der Waals surface area contributed by atoms with Crippen molar-refractivity contribution >= 4 is 8.32 Å². The van der Waals surface area contributed by atoms with E-state index in [0.29, 0.717) is 65.7 Å². The van der Waals surface area contributed by atoms with Crippen LogP contribution in [0.15, 0.2) is 182 Å². The lowest BCUT2D eigenvalue weighted by Crippen LogP contribution is -2.49. The highest BCUT2D eigenvalue weighted by atomic mass is 28.4. The lowest BCUT2D eigenvalue weighted by molar-refractivity contribution is -0.167. The minimum atomic E-state index is -2.22. The second-order valence-corrected chi connectivity index (χ2v) is 24.2. The van der Waals surface area contributed by atoms with Crippen LogP contribution in [0.5, 0.6) is 0 Å². The van der Waals surface area contributed by atoms with Crippen LogP contribution < -0.4 is 0 Å². The van der Waals surface area contributed by atoms with Gasteiger partial charge in [0.25, 0.3) is 0 Å². The van der Waals surface area contributed by atoms with Crippen LogP contribution in [0, 0.1) is 0 Å². The van der Waals surface area contributed by atoms with Crippen molar-refractivity contribution in [3.63, 3.8) is 0 Å². The summed E-state index contributed by atoms with van der Waals surface area (Å²) < 4.78 is 54.4. The molecular formula is C60H76O9Si. The highest BCUT2D eigenvalue weighted by molar-refractivity contribution is 6.74. The molecule has 0 radical (unpaired) electrons. The third-order valence-corrected chi connectivity index (χ3v) is 17.4. The van der Waals surface area contributed by atoms with E-state index < -0.39 is 44.9 Å². The van der Waals surface area contributed by atoms with E-state index >= 15 is 0 Å². The summed E-state index contributed by atoms with van der Waals surface area (Å²) in [6.07, 6.45) is -2.15. The fraction of sp³-hybridized carbons (Fsp3) is 0.400. The molecule has 6 atom stereocenters. The molecule has 1 N–H and O–H groups in total. The number of ether oxygens (including phenoxy) is 7. The third-order valence-electron chi connectivity index (χ3n) is 12.9. The van der Waals surface area contributed by atoms with E-state index in [9.17, 15) is 5.11 Å². The van der Waals surface area contributed by atoms with Crippen LogP contribution in [0.1, 0.15) is 67.0 Å². The Balaban J connectivity index is 1.27. The molecule has 0 unspecified atom stereocenters. The Labute approximate surface area is 419 Å². The standard InChI is InChI=1S/C60H76O9Si/c1-60(2,3)70(4,5)69-47-58(67-44-52-32-20-10-21-33-52)59(68-45-53-34-22-11-23-35-53)55(64-41-49-26-14-7-15-27-49)36-37-62-46-57(66-43-51-30-18-9-19-31-51)56(65-42-50-28-16-8-17-29-50)38-54(39-61)63-40-48-24-12-6-13-25-48/h6-35,54-59,61H,36-47H2,1-5H3/t54-,55+,56-,57+,58+,59-/m0/s1. The molecule has 0 fully saturated rings. The number of hydrogen-bond donors (Lipinski definition) is 1. The summed E-state index contributed by atoms with van der Waals surface area (Å²) in [4.78, 5) is 0. The molecule has 374 valence electrons. The van der Waals surface area contributed by atoms with Crippen molar-refractivity contribution in [1.82, 2.24) is 0 Å². The average Bonchev–Trinajstić information content (AvgIpc) is 3.39. The Morgan fingerprint density at radius 1 is 0.414 bits per heavy atom. The SMILES string of the molecule is CC(C)(C)[Si](C)(C)OC[C@@H](OCc1ccccc1)[C@@H](OCc1ccccc1)[C@@H](CCOC[C@@H](OCc1ccccc1)[C@H](C[C@@H](CO)OCc1ccccc1)OCc1ccccc1)OCc1ccccc1. The van der Waals surface area contributed by atoms with E-state index in [1.165, 1.54) is 0 Å². The molecule has 6 aromatic carbocycles. The van der Waals surface area contributed by atoms with Crippen molar-refractivity contribution in [1.29, 1.82) is 0 Å². The molecule has 0 aliphatic carbocycles. The molecule has 9 nitrogen and oxygen atoms in total. The zero-order valence-electron chi connectivity index (χ0n) is 42.0. The molecule has 0 aromatic heterocycles. The minimum absolute atomic E-state index is 0.0125. The second kappa shape index (κ2) is 29.5. The predicted molar refractivity (Wildman–Crippen MR) is 280 cm³/mol. The Morgan fingerprint density at radius 3 is 1.14 bits per heavy atom. The first kappa shape index (κ1) is 54.5. The van der Waals surface area contributed by atoms with Crippen LogP contribution in [0.2, 0.25) is 18.1 Å². The molecule has 70 heavy (non-hydrogen) atoms. The number of hydrogen-bond acceptors (Lipinski definition) is 9. The first-order chi connectivity index (χ1) is 34.1. The molecule has 0 aliphatic heterocycles. The summed E-state index contributed by atoms with van der Waals surface area (Å²) in [5, 5.41) is 10.7. The maximum atomic E-state index is 10.7. The first-order valence-corrected chi connectivity index (χ1v) is 27.7. The van der Waals surface area contributed by atoms with Crippen LogP contribution in [-0.4, -0.2) is 76.5 Å². The summed E-state index contributed by atoms with van der Waals surface area (Å²) in [5.74, 6) is 0. The number of benzene rings is 6. The molecule has 0 spiro atoms. The van der Waals surface area contributed by atoms with E-state index in [0.717, 1.165) is 33.4 Å². The van der Waals surface area contributed by atoms with Gasteiger partial charge in [0, 0.05) is 13.0 Å². The largest absolute Gasteiger partial charge is 0.414 e. The third kappa shape index (κ3) is 19.1. The maximum absolute atomic E-state index is 10.7. The monoisotopic (exact) mass is 969 g/mol. The van der Waals surface area contributed by atoms with Gasteiger partial charge in [0.1, 0.15) is 18.3 Å². The van der Waals surface area contributed by atoms with Gasteiger partial charge in [0.2, 0.25) is 0 Å². The Bertz CT molecular complexity index is 2250. The highest BCUT2D eigenvalue weighted by Crippen LogP contribution is 2.37. The Hall–Kier alpha value is -4.82. The molecule has 0 aliphatic rings. The number of rotatable bonds is 32. The van der Waals surface area contributed by atoms with Gasteiger partial charge in [-0.25, -0.2) is 0 Å².